The van der Waals surface area contributed by atoms with E-state index in [2.05, 4.69) is 23.7 Å². The van der Waals surface area contributed by atoms with Gasteiger partial charge in [0, 0.05) is 15.8 Å². The molecular weight excluding hydrogens is 352 g/mol. The van der Waals surface area contributed by atoms with Crippen LogP contribution in [0.1, 0.15) is 27.7 Å². The summed E-state index contributed by atoms with van der Waals surface area (Å²) in [5, 5.41) is 6.04. The molecule has 2 aromatic carbocycles. The number of aromatic nitrogens is 1. The minimum Gasteiger partial charge on any atom is -0.347 e. The minimum atomic E-state index is -0.0683. The molecule has 0 saturated carbocycles. The normalized spacial score (nSPS) is 10.9. The van der Waals surface area contributed by atoms with Crippen LogP contribution in [0.5, 0.6) is 0 Å². The molecule has 0 fully saturated rings. The number of carbonyl (C=O) groups is 1. The van der Waals surface area contributed by atoms with Crippen LogP contribution in [0, 0.1) is 0 Å². The quantitative estimate of drug-likeness (QED) is 0.506. The SMILES string of the molecule is CCc1ccsc1CNC(=O)c1cc(-c2ccccc2)nc2ccccc12. The smallest absolute Gasteiger partial charge is 0.252 e. The Bertz CT molecular complexity index is 1090. The van der Waals surface area contributed by atoms with Crippen LogP contribution in [0.25, 0.3) is 22.2 Å². The number of rotatable bonds is 5. The van der Waals surface area contributed by atoms with Crippen molar-refractivity contribution in [3.8, 4) is 11.3 Å². The van der Waals surface area contributed by atoms with Crippen LogP contribution in [0.2, 0.25) is 0 Å². The van der Waals surface area contributed by atoms with Crippen molar-refractivity contribution >= 4 is 28.1 Å². The Balaban J connectivity index is 1.70. The number of benzene rings is 2. The molecule has 0 aliphatic rings. The molecular formula is C23H20N2OS. The van der Waals surface area contributed by atoms with E-state index in [0.29, 0.717) is 12.1 Å². The van der Waals surface area contributed by atoms with Crippen molar-refractivity contribution < 1.29 is 4.79 Å². The fraction of sp³-hybridized carbons (Fsp3) is 0.130. The van der Waals surface area contributed by atoms with Crippen molar-refractivity contribution in [3.05, 3.63) is 88.1 Å². The van der Waals surface area contributed by atoms with Crippen molar-refractivity contribution in [2.24, 2.45) is 0 Å². The Hall–Kier alpha value is -2.98. The van der Waals surface area contributed by atoms with Crippen LogP contribution in [0.3, 0.4) is 0 Å². The first-order chi connectivity index (χ1) is 13.3. The summed E-state index contributed by atoms with van der Waals surface area (Å²) >= 11 is 1.69. The van der Waals surface area contributed by atoms with Gasteiger partial charge in [0.2, 0.25) is 0 Å². The number of fused-ring (bicyclic) bond motifs is 1. The van der Waals surface area contributed by atoms with Gasteiger partial charge in [0.05, 0.1) is 23.3 Å². The molecule has 0 saturated heterocycles. The second kappa shape index (κ2) is 7.72. The second-order valence-corrected chi connectivity index (χ2v) is 7.34. The van der Waals surface area contributed by atoms with Gasteiger partial charge in [-0.25, -0.2) is 4.98 Å². The Morgan fingerprint density at radius 3 is 2.63 bits per heavy atom. The van der Waals surface area contributed by atoms with Crippen LogP contribution in [0.15, 0.2) is 72.1 Å². The monoisotopic (exact) mass is 372 g/mol. The first-order valence-corrected chi connectivity index (χ1v) is 9.93. The maximum Gasteiger partial charge on any atom is 0.252 e. The highest BCUT2D eigenvalue weighted by Gasteiger charge is 2.14. The van der Waals surface area contributed by atoms with E-state index < -0.39 is 0 Å². The molecule has 1 amide bonds. The van der Waals surface area contributed by atoms with Crippen LogP contribution in [-0.4, -0.2) is 10.9 Å². The summed E-state index contributed by atoms with van der Waals surface area (Å²) in [5.74, 6) is -0.0683. The molecule has 0 unspecified atom stereocenters. The topological polar surface area (TPSA) is 42.0 Å². The molecule has 0 spiro atoms. The number of amides is 1. The number of para-hydroxylation sites is 1. The zero-order valence-electron chi connectivity index (χ0n) is 15.1. The highest BCUT2D eigenvalue weighted by molar-refractivity contribution is 7.10. The average molecular weight is 372 g/mol. The number of hydrogen-bond acceptors (Lipinski definition) is 3. The Labute approximate surface area is 162 Å². The molecule has 27 heavy (non-hydrogen) atoms. The van der Waals surface area contributed by atoms with E-state index in [1.165, 1.54) is 10.4 Å². The molecule has 2 aromatic heterocycles. The molecule has 0 aliphatic heterocycles. The van der Waals surface area contributed by atoms with Gasteiger partial charge in [-0.3, -0.25) is 4.79 Å². The fourth-order valence-electron chi connectivity index (χ4n) is 3.21. The molecule has 1 N–H and O–H groups in total. The molecule has 134 valence electrons. The van der Waals surface area contributed by atoms with Gasteiger partial charge in [-0.15, -0.1) is 11.3 Å². The summed E-state index contributed by atoms with van der Waals surface area (Å²) in [6.45, 7) is 2.69. The predicted octanol–water partition coefficient (Wildman–Crippen LogP) is 5.46. The lowest BCUT2D eigenvalue weighted by molar-refractivity contribution is 0.0953. The average Bonchev–Trinajstić information content (AvgIpc) is 3.19. The molecule has 2 heterocycles. The third kappa shape index (κ3) is 3.62. The Kier molecular flexibility index (Phi) is 4.99. The Morgan fingerprint density at radius 2 is 1.81 bits per heavy atom. The maximum absolute atomic E-state index is 13.0. The Morgan fingerprint density at radius 1 is 1.04 bits per heavy atom. The number of aryl methyl sites for hydroxylation is 1. The van der Waals surface area contributed by atoms with Crippen molar-refractivity contribution in [3.63, 3.8) is 0 Å². The highest BCUT2D eigenvalue weighted by Crippen LogP contribution is 2.25. The third-order valence-electron chi connectivity index (χ3n) is 4.66. The molecule has 0 radical (unpaired) electrons. The van der Waals surface area contributed by atoms with Crippen molar-refractivity contribution in [2.45, 2.75) is 19.9 Å². The van der Waals surface area contributed by atoms with Gasteiger partial charge in [0.25, 0.3) is 5.91 Å². The zero-order valence-corrected chi connectivity index (χ0v) is 15.9. The summed E-state index contributed by atoms with van der Waals surface area (Å²) in [5.41, 5.74) is 4.60. The molecule has 0 aliphatic carbocycles. The van der Waals surface area contributed by atoms with Crippen LogP contribution in [-0.2, 0) is 13.0 Å². The fourth-order valence-corrected chi connectivity index (χ4v) is 4.13. The van der Waals surface area contributed by atoms with Gasteiger partial charge in [0.1, 0.15) is 0 Å². The van der Waals surface area contributed by atoms with E-state index in [-0.39, 0.29) is 5.91 Å². The number of nitrogens with one attached hydrogen (secondary N) is 1. The van der Waals surface area contributed by atoms with Gasteiger partial charge < -0.3 is 5.32 Å². The zero-order chi connectivity index (χ0) is 18.6. The van der Waals surface area contributed by atoms with Gasteiger partial charge in [0.15, 0.2) is 0 Å². The van der Waals surface area contributed by atoms with E-state index >= 15 is 0 Å². The number of nitrogens with zero attached hydrogens (tertiary/aromatic N) is 1. The van der Waals surface area contributed by atoms with Gasteiger partial charge >= 0.3 is 0 Å². The predicted molar refractivity (Wildman–Crippen MR) is 112 cm³/mol. The molecule has 4 heteroatoms. The first-order valence-electron chi connectivity index (χ1n) is 9.05. The largest absolute Gasteiger partial charge is 0.347 e. The number of pyridine rings is 1. The lowest BCUT2D eigenvalue weighted by Gasteiger charge is -2.11. The lowest BCUT2D eigenvalue weighted by atomic mass is 10.0. The summed E-state index contributed by atoms with van der Waals surface area (Å²) in [7, 11) is 0. The lowest BCUT2D eigenvalue weighted by Crippen LogP contribution is -2.23. The number of carbonyl (C=O) groups excluding carboxylic acids is 1. The second-order valence-electron chi connectivity index (χ2n) is 6.34. The number of hydrogen-bond donors (Lipinski definition) is 1. The molecule has 0 bridgehead atoms. The first kappa shape index (κ1) is 17.4. The van der Waals surface area contributed by atoms with Crippen LogP contribution < -0.4 is 5.32 Å². The molecule has 4 rings (SSSR count). The van der Waals surface area contributed by atoms with E-state index in [0.717, 1.165) is 28.6 Å². The van der Waals surface area contributed by atoms with E-state index in [1.807, 2.05) is 60.7 Å². The minimum absolute atomic E-state index is 0.0683. The van der Waals surface area contributed by atoms with E-state index in [9.17, 15) is 4.79 Å². The highest BCUT2D eigenvalue weighted by atomic mass is 32.1. The third-order valence-corrected chi connectivity index (χ3v) is 5.62. The standard InChI is InChI=1S/C23H20N2OS/c1-2-16-12-13-27-22(16)15-24-23(26)19-14-21(17-8-4-3-5-9-17)25-20-11-7-6-10-18(19)20/h3-14H,2,15H2,1H3,(H,24,26). The van der Waals surface area contributed by atoms with Crippen molar-refractivity contribution in [2.75, 3.05) is 0 Å². The van der Waals surface area contributed by atoms with Gasteiger partial charge in [-0.05, 0) is 35.6 Å². The molecule has 0 atom stereocenters. The van der Waals surface area contributed by atoms with Gasteiger partial charge in [-0.1, -0.05) is 55.5 Å². The summed E-state index contributed by atoms with van der Waals surface area (Å²) in [6.07, 6.45) is 0.977. The summed E-state index contributed by atoms with van der Waals surface area (Å²) < 4.78 is 0. The number of thiophene rings is 1. The molecule has 3 nitrogen and oxygen atoms in total. The van der Waals surface area contributed by atoms with Crippen molar-refractivity contribution in [1.29, 1.82) is 0 Å². The van der Waals surface area contributed by atoms with E-state index in [1.54, 1.807) is 11.3 Å². The van der Waals surface area contributed by atoms with Crippen LogP contribution >= 0.6 is 11.3 Å². The summed E-state index contributed by atoms with van der Waals surface area (Å²) in [4.78, 5) is 19.0. The van der Waals surface area contributed by atoms with E-state index in [4.69, 9.17) is 4.98 Å². The van der Waals surface area contributed by atoms with Gasteiger partial charge in [-0.2, -0.15) is 0 Å². The maximum atomic E-state index is 13.0. The molecule has 4 aromatic rings. The van der Waals surface area contributed by atoms with Crippen molar-refractivity contribution in [1.82, 2.24) is 10.3 Å². The summed E-state index contributed by atoms with van der Waals surface area (Å²) in [6, 6.07) is 21.8. The van der Waals surface area contributed by atoms with Crippen LogP contribution in [0.4, 0.5) is 0 Å².